The topological polar surface area (TPSA) is 84.5 Å². The van der Waals surface area contributed by atoms with Gasteiger partial charge in [0, 0.05) is 11.3 Å². The molecule has 2 aromatic rings. The molecule has 7 heteroatoms. The van der Waals surface area contributed by atoms with Gasteiger partial charge in [-0.15, -0.1) is 0 Å². The first-order valence-corrected chi connectivity index (χ1v) is 8.73. The van der Waals surface area contributed by atoms with E-state index in [9.17, 15) is 18.8 Å². The summed E-state index contributed by atoms with van der Waals surface area (Å²) in [4.78, 5) is 35.5. The van der Waals surface area contributed by atoms with Crippen LogP contribution in [-0.2, 0) is 31.0 Å². The van der Waals surface area contributed by atoms with Crippen molar-refractivity contribution in [3.63, 3.8) is 0 Å². The van der Waals surface area contributed by atoms with Crippen LogP contribution in [0.25, 0.3) is 0 Å². The molecule has 0 aliphatic rings. The largest absolute Gasteiger partial charge is 0.468 e. The van der Waals surface area contributed by atoms with E-state index in [0.717, 1.165) is 0 Å². The van der Waals surface area contributed by atoms with Gasteiger partial charge in [-0.1, -0.05) is 30.3 Å². The second-order valence-corrected chi connectivity index (χ2v) is 6.79. The number of benzene rings is 2. The second-order valence-electron chi connectivity index (χ2n) is 6.79. The summed E-state index contributed by atoms with van der Waals surface area (Å²) >= 11 is 0. The average Bonchev–Trinajstić information content (AvgIpc) is 2.67. The zero-order valence-corrected chi connectivity index (χ0v) is 16.0. The molecule has 0 heterocycles. The summed E-state index contributed by atoms with van der Waals surface area (Å²) in [7, 11) is 1.25. The molecule has 0 bridgehead atoms. The van der Waals surface area contributed by atoms with E-state index in [1.165, 1.54) is 13.2 Å². The number of nitrogens with one attached hydrogen (secondary N) is 2. The predicted octanol–water partition coefficient (Wildman–Crippen LogP) is 2.57. The first-order valence-electron chi connectivity index (χ1n) is 8.73. The third-order valence-corrected chi connectivity index (χ3v) is 4.35. The molecule has 148 valence electrons. The van der Waals surface area contributed by atoms with Gasteiger partial charge in [0.25, 0.3) is 0 Å². The zero-order chi connectivity index (χ0) is 20.7. The van der Waals surface area contributed by atoms with E-state index in [1.807, 2.05) is 0 Å². The Morgan fingerprint density at radius 2 is 1.68 bits per heavy atom. The van der Waals surface area contributed by atoms with Gasteiger partial charge in [-0.05, 0) is 37.6 Å². The van der Waals surface area contributed by atoms with E-state index in [-0.39, 0.29) is 24.8 Å². The lowest BCUT2D eigenvalue weighted by molar-refractivity contribution is -0.141. The smallest absolute Gasteiger partial charge is 0.325 e. The maximum absolute atomic E-state index is 14.0. The number of carbonyl (C=O) groups is 3. The lowest BCUT2D eigenvalue weighted by atomic mass is 9.83. The van der Waals surface area contributed by atoms with Gasteiger partial charge in [-0.3, -0.25) is 14.4 Å². The SMILES string of the molecule is COC(=O)CNC(=O)Cc1ccc(NC(=O)C(C)(C)c2ccccc2F)cc1. The molecule has 2 N–H and O–H groups in total. The summed E-state index contributed by atoms with van der Waals surface area (Å²) in [6.07, 6.45) is 0.0892. The summed E-state index contributed by atoms with van der Waals surface area (Å²) in [5.74, 6) is -1.62. The molecule has 0 spiro atoms. The van der Waals surface area contributed by atoms with Crippen LogP contribution >= 0.6 is 0 Å². The molecule has 0 saturated heterocycles. The standard InChI is InChI=1S/C21H23FN2O4/c1-21(2,16-6-4-5-7-17(16)22)20(27)24-15-10-8-14(9-11-15)12-18(25)23-13-19(26)28-3/h4-11H,12-13H2,1-3H3,(H,23,25)(H,24,27). The van der Waals surface area contributed by atoms with Gasteiger partial charge in [0.05, 0.1) is 18.9 Å². The van der Waals surface area contributed by atoms with Crippen LogP contribution in [0.2, 0.25) is 0 Å². The number of halogens is 1. The van der Waals surface area contributed by atoms with Crippen LogP contribution in [-0.4, -0.2) is 31.4 Å². The van der Waals surface area contributed by atoms with Crippen molar-refractivity contribution in [2.45, 2.75) is 25.7 Å². The van der Waals surface area contributed by atoms with Crippen LogP contribution in [0.15, 0.2) is 48.5 Å². The van der Waals surface area contributed by atoms with Crippen molar-refractivity contribution < 1.29 is 23.5 Å². The van der Waals surface area contributed by atoms with Crippen LogP contribution < -0.4 is 10.6 Å². The fraction of sp³-hybridized carbons (Fsp3) is 0.286. The van der Waals surface area contributed by atoms with Crippen molar-refractivity contribution >= 4 is 23.5 Å². The highest BCUT2D eigenvalue weighted by Crippen LogP contribution is 2.27. The number of hydrogen-bond acceptors (Lipinski definition) is 4. The maximum Gasteiger partial charge on any atom is 0.325 e. The second kappa shape index (κ2) is 9.12. The first-order chi connectivity index (χ1) is 13.2. The molecule has 2 rings (SSSR count). The van der Waals surface area contributed by atoms with E-state index in [0.29, 0.717) is 16.8 Å². The number of rotatable bonds is 7. The average molecular weight is 386 g/mol. The highest BCUT2D eigenvalue weighted by atomic mass is 19.1. The Bertz CT molecular complexity index is 863. The zero-order valence-electron chi connectivity index (χ0n) is 16.0. The number of amides is 2. The highest BCUT2D eigenvalue weighted by Gasteiger charge is 2.32. The van der Waals surface area contributed by atoms with E-state index in [2.05, 4.69) is 15.4 Å². The fourth-order valence-corrected chi connectivity index (χ4v) is 2.57. The number of methoxy groups -OCH3 is 1. The third-order valence-electron chi connectivity index (χ3n) is 4.35. The third kappa shape index (κ3) is 5.39. The van der Waals surface area contributed by atoms with Gasteiger partial charge in [-0.2, -0.15) is 0 Å². The number of anilines is 1. The van der Waals surface area contributed by atoms with Crippen LogP contribution in [0.4, 0.5) is 10.1 Å². The van der Waals surface area contributed by atoms with Gasteiger partial charge in [0.15, 0.2) is 0 Å². The van der Waals surface area contributed by atoms with Crippen molar-refractivity contribution in [1.82, 2.24) is 5.32 Å². The van der Waals surface area contributed by atoms with E-state index in [4.69, 9.17) is 0 Å². The molecule has 0 aliphatic carbocycles. The molecule has 0 unspecified atom stereocenters. The Balaban J connectivity index is 1.98. The van der Waals surface area contributed by atoms with Crippen molar-refractivity contribution in [2.75, 3.05) is 19.0 Å². The minimum Gasteiger partial charge on any atom is -0.468 e. The molecule has 0 saturated carbocycles. The number of ether oxygens (including phenoxy) is 1. The maximum atomic E-state index is 14.0. The van der Waals surface area contributed by atoms with E-state index < -0.39 is 17.2 Å². The summed E-state index contributed by atoms with van der Waals surface area (Å²) in [5, 5.41) is 5.22. The fourth-order valence-electron chi connectivity index (χ4n) is 2.57. The molecule has 0 radical (unpaired) electrons. The van der Waals surface area contributed by atoms with E-state index >= 15 is 0 Å². The minimum absolute atomic E-state index is 0.0892. The number of carbonyl (C=O) groups excluding carboxylic acids is 3. The van der Waals surface area contributed by atoms with Gasteiger partial charge >= 0.3 is 5.97 Å². The first kappa shape index (κ1) is 21.1. The summed E-state index contributed by atoms with van der Waals surface area (Å²) in [5.41, 5.74) is 0.505. The molecule has 0 aliphatic heterocycles. The molecular weight excluding hydrogens is 363 g/mol. The van der Waals surface area contributed by atoms with Crippen LogP contribution in [0.3, 0.4) is 0 Å². The van der Waals surface area contributed by atoms with Crippen molar-refractivity contribution in [2.24, 2.45) is 0 Å². The van der Waals surface area contributed by atoms with Crippen molar-refractivity contribution in [3.8, 4) is 0 Å². The van der Waals surface area contributed by atoms with Crippen molar-refractivity contribution in [1.29, 1.82) is 0 Å². The molecule has 0 atom stereocenters. The normalized spacial score (nSPS) is 10.9. The Kier molecular flexibility index (Phi) is 6.87. The van der Waals surface area contributed by atoms with Crippen LogP contribution in [0.5, 0.6) is 0 Å². The summed E-state index contributed by atoms with van der Waals surface area (Å²) in [6.45, 7) is 3.12. The Morgan fingerprint density at radius 3 is 2.29 bits per heavy atom. The van der Waals surface area contributed by atoms with E-state index in [1.54, 1.807) is 56.3 Å². The minimum atomic E-state index is -1.06. The molecule has 2 amide bonds. The highest BCUT2D eigenvalue weighted by molar-refractivity contribution is 5.98. The van der Waals surface area contributed by atoms with Gasteiger partial charge < -0.3 is 15.4 Å². The molecule has 0 aromatic heterocycles. The van der Waals surface area contributed by atoms with Crippen molar-refractivity contribution in [3.05, 3.63) is 65.5 Å². The monoisotopic (exact) mass is 386 g/mol. The van der Waals surface area contributed by atoms with Crippen LogP contribution in [0, 0.1) is 5.82 Å². The molecule has 6 nitrogen and oxygen atoms in total. The Morgan fingerprint density at radius 1 is 1.04 bits per heavy atom. The molecule has 0 fully saturated rings. The van der Waals surface area contributed by atoms with Gasteiger partial charge in [0.1, 0.15) is 12.4 Å². The summed E-state index contributed by atoms with van der Waals surface area (Å²) < 4.78 is 18.5. The predicted molar refractivity (Wildman–Crippen MR) is 103 cm³/mol. The lowest BCUT2D eigenvalue weighted by Crippen LogP contribution is -2.35. The molecular formula is C21H23FN2O4. The molecule has 28 heavy (non-hydrogen) atoms. The van der Waals surface area contributed by atoms with Gasteiger partial charge in [-0.25, -0.2) is 4.39 Å². The van der Waals surface area contributed by atoms with Crippen LogP contribution in [0.1, 0.15) is 25.0 Å². The Labute approximate surface area is 163 Å². The van der Waals surface area contributed by atoms with Gasteiger partial charge in [0.2, 0.25) is 11.8 Å². The lowest BCUT2D eigenvalue weighted by Gasteiger charge is -2.24. The quantitative estimate of drug-likeness (QED) is 0.717. The number of hydrogen-bond donors (Lipinski definition) is 2. The molecule has 2 aromatic carbocycles. The Hall–Kier alpha value is -3.22. The number of esters is 1. The summed E-state index contributed by atoms with van der Waals surface area (Å²) in [6, 6.07) is 12.9.